The number of primary amides is 1. The van der Waals surface area contributed by atoms with Crippen LogP contribution in [0.4, 0.5) is 17.1 Å². The molecule has 8 nitrogen and oxygen atoms in total. The van der Waals surface area contributed by atoms with Gasteiger partial charge in [-0.05, 0) is 55.3 Å². The van der Waals surface area contributed by atoms with Crippen LogP contribution in [0.5, 0.6) is 0 Å². The lowest BCUT2D eigenvalue weighted by Gasteiger charge is -2.32. The maximum Gasteiger partial charge on any atom is 0.255 e. The van der Waals surface area contributed by atoms with E-state index in [0.29, 0.717) is 5.69 Å². The molecular weight excluding hydrogens is 428 g/mol. The normalized spacial score (nSPS) is 14.9. The van der Waals surface area contributed by atoms with Crippen molar-refractivity contribution in [3.8, 4) is 0 Å². The SMILES string of the molecule is CS(=O)(=O)Nc1cc(C(=O)Nc2ccc(N3CCC(C(N)=O)CC3)cc2)ccc1Cl. The Morgan fingerprint density at radius 3 is 2.30 bits per heavy atom. The molecule has 1 heterocycles. The summed E-state index contributed by atoms with van der Waals surface area (Å²) in [6, 6.07) is 11.7. The number of nitrogens with two attached hydrogens (primary N) is 1. The van der Waals surface area contributed by atoms with Crippen molar-refractivity contribution in [2.75, 3.05) is 34.3 Å². The van der Waals surface area contributed by atoms with Gasteiger partial charge in [0.1, 0.15) is 0 Å². The third-order valence-electron chi connectivity index (χ3n) is 4.91. The molecule has 0 aliphatic carbocycles. The third-order valence-corrected chi connectivity index (χ3v) is 5.83. The van der Waals surface area contributed by atoms with Crippen molar-refractivity contribution in [2.24, 2.45) is 11.7 Å². The summed E-state index contributed by atoms with van der Waals surface area (Å²) in [7, 11) is -3.52. The first-order valence-electron chi connectivity index (χ1n) is 9.35. The van der Waals surface area contributed by atoms with E-state index >= 15 is 0 Å². The van der Waals surface area contributed by atoms with Crippen molar-refractivity contribution in [3.63, 3.8) is 0 Å². The Morgan fingerprint density at radius 1 is 1.10 bits per heavy atom. The first-order valence-corrected chi connectivity index (χ1v) is 11.6. The molecule has 1 fully saturated rings. The number of halogens is 1. The van der Waals surface area contributed by atoms with Crippen molar-refractivity contribution >= 4 is 50.5 Å². The van der Waals surface area contributed by atoms with Gasteiger partial charge in [-0.2, -0.15) is 0 Å². The summed E-state index contributed by atoms with van der Waals surface area (Å²) in [5.74, 6) is -0.704. The molecule has 1 saturated heterocycles. The minimum Gasteiger partial charge on any atom is -0.371 e. The molecular formula is C20H23ClN4O4S. The number of carbonyl (C=O) groups is 2. The number of carbonyl (C=O) groups excluding carboxylic acids is 2. The predicted octanol–water partition coefficient (Wildman–Crippen LogP) is 2.67. The summed E-state index contributed by atoms with van der Waals surface area (Å²) in [6.07, 6.45) is 2.47. The second-order valence-electron chi connectivity index (χ2n) is 7.23. The number of hydrogen-bond acceptors (Lipinski definition) is 5. The van der Waals surface area contributed by atoms with E-state index in [9.17, 15) is 18.0 Å². The zero-order chi connectivity index (χ0) is 21.9. The molecule has 0 aromatic heterocycles. The van der Waals surface area contributed by atoms with Crippen molar-refractivity contribution in [2.45, 2.75) is 12.8 Å². The van der Waals surface area contributed by atoms with Gasteiger partial charge in [0.2, 0.25) is 15.9 Å². The molecule has 3 rings (SSSR count). The Morgan fingerprint density at radius 2 is 1.73 bits per heavy atom. The van der Waals surface area contributed by atoms with Crippen LogP contribution in [0.2, 0.25) is 5.02 Å². The maximum atomic E-state index is 12.5. The van der Waals surface area contributed by atoms with Gasteiger partial charge in [-0.3, -0.25) is 14.3 Å². The molecule has 0 bridgehead atoms. The lowest BCUT2D eigenvalue weighted by molar-refractivity contribution is -0.122. The van der Waals surface area contributed by atoms with Crippen molar-refractivity contribution < 1.29 is 18.0 Å². The molecule has 1 aliphatic heterocycles. The van der Waals surface area contributed by atoms with Crippen LogP contribution in [0.1, 0.15) is 23.2 Å². The Labute approximate surface area is 180 Å². The fourth-order valence-electron chi connectivity index (χ4n) is 3.33. The van der Waals surface area contributed by atoms with E-state index in [-0.39, 0.29) is 28.1 Å². The maximum absolute atomic E-state index is 12.5. The molecule has 1 aliphatic rings. The Kier molecular flexibility index (Phi) is 6.52. The fraction of sp³-hybridized carbons (Fsp3) is 0.300. The van der Waals surface area contributed by atoms with Gasteiger partial charge in [-0.25, -0.2) is 8.42 Å². The number of nitrogens with one attached hydrogen (secondary N) is 2. The van der Waals surface area contributed by atoms with E-state index in [1.807, 2.05) is 12.1 Å². The lowest BCUT2D eigenvalue weighted by Crippen LogP contribution is -2.38. The molecule has 2 aromatic rings. The van der Waals surface area contributed by atoms with Gasteiger partial charge >= 0.3 is 0 Å². The van der Waals surface area contributed by atoms with Gasteiger partial charge in [0, 0.05) is 35.9 Å². The first-order chi connectivity index (χ1) is 14.1. The summed E-state index contributed by atoms with van der Waals surface area (Å²) in [5, 5.41) is 2.98. The molecule has 0 spiro atoms. The Bertz CT molecular complexity index is 1050. The fourth-order valence-corrected chi connectivity index (χ4v) is 4.11. The average Bonchev–Trinajstić information content (AvgIpc) is 2.69. The average molecular weight is 451 g/mol. The van der Waals surface area contributed by atoms with E-state index in [1.165, 1.54) is 18.2 Å². The predicted molar refractivity (Wildman–Crippen MR) is 118 cm³/mol. The number of anilines is 3. The number of rotatable bonds is 6. The minimum atomic E-state index is -3.52. The minimum absolute atomic E-state index is 0.0683. The molecule has 0 atom stereocenters. The summed E-state index contributed by atoms with van der Waals surface area (Å²) < 4.78 is 25.2. The van der Waals surface area contributed by atoms with E-state index < -0.39 is 15.9 Å². The number of hydrogen-bond donors (Lipinski definition) is 3. The molecule has 0 saturated carbocycles. The molecule has 30 heavy (non-hydrogen) atoms. The quantitative estimate of drug-likeness (QED) is 0.624. The van der Waals surface area contributed by atoms with Crippen LogP contribution >= 0.6 is 11.6 Å². The standard InChI is InChI=1S/C20H23ClN4O4S/c1-30(28,29)24-18-12-14(2-7-17(18)21)20(27)23-15-3-5-16(6-4-15)25-10-8-13(9-11-25)19(22)26/h2-7,12-13,24H,8-11H2,1H3,(H2,22,26)(H,23,27). The summed E-state index contributed by atoms with van der Waals surface area (Å²) in [4.78, 5) is 26.0. The Hall–Kier alpha value is -2.78. The summed E-state index contributed by atoms with van der Waals surface area (Å²) >= 11 is 6.00. The Balaban J connectivity index is 1.65. The van der Waals surface area contributed by atoms with Crippen LogP contribution in [-0.2, 0) is 14.8 Å². The van der Waals surface area contributed by atoms with Crippen LogP contribution in [0.3, 0.4) is 0 Å². The number of benzene rings is 2. The third kappa shape index (κ3) is 5.64. The van der Waals surface area contributed by atoms with Crippen LogP contribution < -0.4 is 20.7 Å². The number of piperidine rings is 1. The molecule has 10 heteroatoms. The molecule has 2 amide bonds. The van der Waals surface area contributed by atoms with Gasteiger partial charge < -0.3 is 16.0 Å². The molecule has 0 radical (unpaired) electrons. The topological polar surface area (TPSA) is 122 Å². The highest BCUT2D eigenvalue weighted by Crippen LogP contribution is 2.26. The van der Waals surface area contributed by atoms with Gasteiger partial charge in [0.25, 0.3) is 5.91 Å². The largest absolute Gasteiger partial charge is 0.371 e. The van der Waals surface area contributed by atoms with E-state index in [4.69, 9.17) is 17.3 Å². The van der Waals surface area contributed by atoms with Gasteiger partial charge in [0.05, 0.1) is 17.0 Å². The molecule has 0 unspecified atom stereocenters. The van der Waals surface area contributed by atoms with E-state index in [0.717, 1.165) is 37.9 Å². The monoisotopic (exact) mass is 450 g/mol. The summed E-state index contributed by atoms with van der Waals surface area (Å²) in [5.41, 5.74) is 7.38. The van der Waals surface area contributed by atoms with Gasteiger partial charge in [-0.1, -0.05) is 11.6 Å². The van der Waals surface area contributed by atoms with Crippen LogP contribution in [-0.4, -0.2) is 39.6 Å². The number of sulfonamides is 1. The number of nitrogens with zero attached hydrogens (tertiary/aromatic N) is 1. The van der Waals surface area contributed by atoms with E-state index in [2.05, 4.69) is 14.9 Å². The van der Waals surface area contributed by atoms with Crippen LogP contribution in [0, 0.1) is 5.92 Å². The summed E-state index contributed by atoms with van der Waals surface area (Å²) in [6.45, 7) is 1.50. The van der Waals surface area contributed by atoms with Gasteiger partial charge in [0.15, 0.2) is 0 Å². The van der Waals surface area contributed by atoms with Crippen LogP contribution in [0.25, 0.3) is 0 Å². The first kappa shape index (κ1) is 21.9. The van der Waals surface area contributed by atoms with E-state index in [1.54, 1.807) is 12.1 Å². The van der Waals surface area contributed by atoms with Crippen molar-refractivity contribution in [1.29, 1.82) is 0 Å². The molecule has 2 aromatic carbocycles. The molecule has 4 N–H and O–H groups in total. The van der Waals surface area contributed by atoms with Gasteiger partial charge in [-0.15, -0.1) is 0 Å². The number of amides is 2. The van der Waals surface area contributed by atoms with Crippen molar-refractivity contribution in [1.82, 2.24) is 0 Å². The second-order valence-corrected chi connectivity index (χ2v) is 9.39. The highest BCUT2D eigenvalue weighted by molar-refractivity contribution is 7.92. The van der Waals surface area contributed by atoms with Crippen molar-refractivity contribution in [3.05, 3.63) is 53.1 Å². The smallest absolute Gasteiger partial charge is 0.255 e. The highest BCUT2D eigenvalue weighted by Gasteiger charge is 2.23. The second kappa shape index (κ2) is 8.93. The highest BCUT2D eigenvalue weighted by atomic mass is 35.5. The lowest BCUT2D eigenvalue weighted by atomic mass is 9.96. The van der Waals surface area contributed by atoms with Crippen LogP contribution in [0.15, 0.2) is 42.5 Å². The molecule has 160 valence electrons. The zero-order valence-corrected chi connectivity index (χ0v) is 18.0. The zero-order valence-electron chi connectivity index (χ0n) is 16.4.